The molecule has 0 saturated heterocycles. The Hall–Kier alpha value is -1.14. The summed E-state index contributed by atoms with van der Waals surface area (Å²) in [5.74, 6) is -2.18. The lowest BCUT2D eigenvalue weighted by atomic mass is 10.3. The Kier molecular flexibility index (Phi) is 4.24. The molecule has 12 heavy (non-hydrogen) atoms. The van der Waals surface area contributed by atoms with E-state index in [1.165, 1.54) is 6.92 Å². The summed E-state index contributed by atoms with van der Waals surface area (Å²) in [6.07, 6.45) is -1.24. The Morgan fingerprint density at radius 3 is 2.42 bits per heavy atom. The minimum Gasteiger partial charge on any atom is -0.479 e. The number of aliphatic carboxylic acids is 1. The van der Waals surface area contributed by atoms with Crippen molar-refractivity contribution in [2.45, 2.75) is 19.1 Å². The Balaban J connectivity index is 3.92. The highest BCUT2D eigenvalue weighted by Gasteiger charge is 2.20. The second-order valence-corrected chi connectivity index (χ2v) is 2.21. The van der Waals surface area contributed by atoms with Gasteiger partial charge in [0.2, 0.25) is 0 Å². The summed E-state index contributed by atoms with van der Waals surface area (Å²) in [5, 5.41) is 16.7. The number of hydrogen-bond acceptors (Lipinski definition) is 5. The summed E-state index contributed by atoms with van der Waals surface area (Å²) in [4.78, 5) is 20.9. The van der Waals surface area contributed by atoms with E-state index in [9.17, 15) is 9.59 Å². The number of carboxylic acids is 1. The zero-order chi connectivity index (χ0) is 9.72. The van der Waals surface area contributed by atoms with Crippen LogP contribution in [0.15, 0.2) is 0 Å². The van der Waals surface area contributed by atoms with Gasteiger partial charge < -0.3 is 20.7 Å². The molecule has 0 aliphatic carbocycles. The molecule has 0 amide bonds. The van der Waals surface area contributed by atoms with E-state index < -0.39 is 30.7 Å². The van der Waals surface area contributed by atoms with E-state index in [1.54, 1.807) is 0 Å². The number of hydrogen-bond donors (Lipinski definition) is 3. The van der Waals surface area contributed by atoms with Gasteiger partial charge in [0.05, 0.1) is 6.61 Å². The van der Waals surface area contributed by atoms with Crippen LogP contribution in [-0.4, -0.2) is 40.9 Å². The van der Waals surface area contributed by atoms with Crippen LogP contribution in [0.2, 0.25) is 0 Å². The predicted molar refractivity (Wildman–Crippen MR) is 38.3 cm³/mol. The van der Waals surface area contributed by atoms with Crippen LogP contribution in [0.25, 0.3) is 0 Å². The van der Waals surface area contributed by atoms with E-state index in [0.717, 1.165) is 0 Å². The third kappa shape index (κ3) is 3.31. The first-order valence-corrected chi connectivity index (χ1v) is 3.28. The van der Waals surface area contributed by atoms with Gasteiger partial charge in [-0.15, -0.1) is 0 Å². The third-order valence-electron chi connectivity index (χ3n) is 1.14. The number of nitrogens with two attached hydrogens (primary N) is 1. The molecule has 0 fully saturated rings. The number of ether oxygens (including phenoxy) is 1. The molecule has 0 aromatic heterocycles. The van der Waals surface area contributed by atoms with Crippen molar-refractivity contribution in [3.63, 3.8) is 0 Å². The van der Waals surface area contributed by atoms with E-state index >= 15 is 0 Å². The molecule has 0 radical (unpaired) electrons. The van der Waals surface area contributed by atoms with Crippen molar-refractivity contribution < 1.29 is 24.5 Å². The van der Waals surface area contributed by atoms with E-state index in [1.807, 2.05) is 0 Å². The molecule has 0 bridgehead atoms. The van der Waals surface area contributed by atoms with Gasteiger partial charge in [0.25, 0.3) is 0 Å². The van der Waals surface area contributed by atoms with Crippen molar-refractivity contribution in [2.75, 3.05) is 6.61 Å². The van der Waals surface area contributed by atoms with Crippen LogP contribution in [0, 0.1) is 0 Å². The van der Waals surface area contributed by atoms with Crippen LogP contribution in [0.5, 0.6) is 0 Å². The maximum atomic E-state index is 10.7. The molecule has 0 heterocycles. The Bertz CT molecular complexity index is 181. The maximum Gasteiger partial charge on any atom is 0.344 e. The first-order chi connectivity index (χ1) is 5.49. The Labute approximate surface area is 68.9 Å². The molecule has 0 aromatic carbocycles. The van der Waals surface area contributed by atoms with E-state index in [4.69, 9.17) is 15.9 Å². The normalized spacial score (nSPS) is 14.9. The van der Waals surface area contributed by atoms with Gasteiger partial charge >= 0.3 is 11.9 Å². The molecule has 0 aromatic rings. The largest absolute Gasteiger partial charge is 0.479 e. The SMILES string of the molecule is CC(OC(=O)C(N)CO)C(=O)O. The molecule has 0 rings (SSSR count). The molecule has 0 aliphatic heterocycles. The lowest BCUT2D eigenvalue weighted by Crippen LogP contribution is -2.38. The van der Waals surface area contributed by atoms with Gasteiger partial charge in [-0.05, 0) is 6.92 Å². The molecule has 2 unspecified atom stereocenters. The number of carbonyl (C=O) groups is 2. The highest BCUT2D eigenvalue weighted by Crippen LogP contribution is 1.93. The average Bonchev–Trinajstić information content (AvgIpc) is 2.02. The number of carbonyl (C=O) groups excluding carboxylic acids is 1. The van der Waals surface area contributed by atoms with Crippen molar-refractivity contribution in [1.29, 1.82) is 0 Å². The van der Waals surface area contributed by atoms with Crippen LogP contribution in [-0.2, 0) is 14.3 Å². The van der Waals surface area contributed by atoms with Crippen LogP contribution in [0.1, 0.15) is 6.92 Å². The third-order valence-corrected chi connectivity index (χ3v) is 1.14. The molecule has 6 nitrogen and oxygen atoms in total. The zero-order valence-electron chi connectivity index (χ0n) is 6.56. The standard InChI is InChI=1S/C6H11NO5/c1-3(5(9)10)12-6(11)4(7)2-8/h3-4,8H,2,7H2,1H3,(H,9,10). The van der Waals surface area contributed by atoms with Crippen molar-refractivity contribution in [3.05, 3.63) is 0 Å². The first-order valence-electron chi connectivity index (χ1n) is 3.28. The summed E-state index contributed by atoms with van der Waals surface area (Å²) >= 11 is 0. The fraction of sp³-hybridized carbons (Fsp3) is 0.667. The van der Waals surface area contributed by atoms with Gasteiger partial charge in [0.15, 0.2) is 6.10 Å². The summed E-state index contributed by atoms with van der Waals surface area (Å²) in [7, 11) is 0. The molecule has 0 spiro atoms. The van der Waals surface area contributed by atoms with Gasteiger partial charge in [0, 0.05) is 0 Å². The molecule has 6 heteroatoms. The topological polar surface area (TPSA) is 110 Å². The van der Waals surface area contributed by atoms with E-state index in [2.05, 4.69) is 4.74 Å². The van der Waals surface area contributed by atoms with E-state index in [0.29, 0.717) is 0 Å². The summed E-state index contributed by atoms with van der Waals surface area (Å²) in [5.41, 5.74) is 5.05. The fourth-order valence-electron chi connectivity index (χ4n) is 0.387. The van der Waals surface area contributed by atoms with Gasteiger partial charge in [-0.1, -0.05) is 0 Å². The number of rotatable bonds is 4. The lowest BCUT2D eigenvalue weighted by Gasteiger charge is -2.11. The van der Waals surface area contributed by atoms with Crippen LogP contribution < -0.4 is 5.73 Å². The average molecular weight is 177 g/mol. The lowest BCUT2D eigenvalue weighted by molar-refractivity contribution is -0.164. The fourth-order valence-corrected chi connectivity index (χ4v) is 0.387. The Morgan fingerprint density at radius 2 is 2.08 bits per heavy atom. The minimum atomic E-state index is -1.26. The van der Waals surface area contributed by atoms with Gasteiger partial charge in [-0.3, -0.25) is 4.79 Å². The van der Waals surface area contributed by atoms with Crippen LogP contribution >= 0.6 is 0 Å². The number of aliphatic hydroxyl groups excluding tert-OH is 1. The number of carboxylic acid groups (broad SMARTS) is 1. The molecule has 0 aliphatic rings. The smallest absolute Gasteiger partial charge is 0.344 e. The highest BCUT2D eigenvalue weighted by atomic mass is 16.6. The van der Waals surface area contributed by atoms with E-state index in [-0.39, 0.29) is 0 Å². The highest BCUT2D eigenvalue weighted by molar-refractivity contribution is 5.80. The van der Waals surface area contributed by atoms with Crippen molar-refractivity contribution in [1.82, 2.24) is 0 Å². The molecular weight excluding hydrogens is 166 g/mol. The van der Waals surface area contributed by atoms with Gasteiger partial charge in [-0.25, -0.2) is 4.79 Å². The first kappa shape index (κ1) is 10.9. The van der Waals surface area contributed by atoms with Gasteiger partial charge in [0.1, 0.15) is 6.04 Å². The zero-order valence-corrected chi connectivity index (χ0v) is 6.56. The van der Waals surface area contributed by atoms with Crippen LogP contribution in [0.3, 0.4) is 0 Å². The Morgan fingerprint density at radius 1 is 1.58 bits per heavy atom. The second kappa shape index (κ2) is 4.68. The molecular formula is C6H11NO5. The maximum absolute atomic E-state index is 10.7. The molecule has 70 valence electrons. The second-order valence-electron chi connectivity index (χ2n) is 2.21. The van der Waals surface area contributed by atoms with Crippen molar-refractivity contribution in [3.8, 4) is 0 Å². The van der Waals surface area contributed by atoms with Crippen LogP contribution in [0.4, 0.5) is 0 Å². The summed E-state index contributed by atoms with van der Waals surface area (Å²) in [6, 6.07) is -1.17. The predicted octanol–water partition coefficient (Wildman–Crippen LogP) is -1.68. The molecule has 0 saturated carbocycles. The number of esters is 1. The quantitative estimate of drug-likeness (QED) is 0.442. The minimum absolute atomic E-state index is 0.564. The number of aliphatic hydroxyl groups is 1. The molecule has 2 atom stereocenters. The summed E-state index contributed by atoms with van der Waals surface area (Å²) in [6.45, 7) is 0.634. The van der Waals surface area contributed by atoms with Gasteiger partial charge in [-0.2, -0.15) is 0 Å². The summed E-state index contributed by atoms with van der Waals surface area (Å²) < 4.78 is 4.34. The van der Waals surface area contributed by atoms with Crippen molar-refractivity contribution >= 4 is 11.9 Å². The monoisotopic (exact) mass is 177 g/mol. The molecule has 4 N–H and O–H groups in total. The van der Waals surface area contributed by atoms with Crippen molar-refractivity contribution in [2.24, 2.45) is 5.73 Å².